The number of rotatable bonds is 11. The van der Waals surface area contributed by atoms with E-state index in [-0.39, 0.29) is 44.6 Å². The lowest BCUT2D eigenvalue weighted by molar-refractivity contribution is 0.400. The number of unbranched alkanes of at least 4 members (excludes halogenated alkanes) is 6. The van der Waals surface area contributed by atoms with Gasteiger partial charge in [-0.3, -0.25) is 0 Å². The van der Waals surface area contributed by atoms with E-state index in [1.54, 1.807) is 0 Å². The summed E-state index contributed by atoms with van der Waals surface area (Å²) >= 11 is 0. The summed E-state index contributed by atoms with van der Waals surface area (Å²) in [4.78, 5) is 0. The third-order valence-electron chi connectivity index (χ3n) is 3.51. The van der Waals surface area contributed by atoms with Crippen LogP contribution in [0.15, 0.2) is 0 Å². The molecular formula is C24H64. The molecule has 160 valence electrons. The van der Waals surface area contributed by atoms with Crippen molar-refractivity contribution in [3.8, 4) is 0 Å². The molecule has 0 N–H and O–H groups in total. The molecule has 0 heterocycles. The lowest BCUT2D eigenvalue weighted by Gasteiger charge is -2.13. The lowest BCUT2D eigenvalue weighted by atomic mass is 9.93. The predicted octanol–water partition coefficient (Wildman–Crippen LogP) is 11.2. The van der Waals surface area contributed by atoms with E-state index in [0.717, 1.165) is 5.92 Å². The zero-order chi connectivity index (χ0) is 14.1. The van der Waals surface area contributed by atoms with Gasteiger partial charge in [0.1, 0.15) is 0 Å². The highest BCUT2D eigenvalue weighted by Gasteiger charge is 2.04. The van der Waals surface area contributed by atoms with Crippen LogP contribution in [-0.2, 0) is 0 Å². The van der Waals surface area contributed by atoms with Gasteiger partial charge in [0.25, 0.3) is 0 Å². The highest BCUT2D eigenvalue weighted by Crippen LogP contribution is 2.20. The fraction of sp³-hybridized carbons (Fsp3) is 1.00. The Morgan fingerprint density at radius 1 is 0.458 bits per heavy atom. The van der Waals surface area contributed by atoms with Crippen LogP contribution in [0.3, 0.4) is 0 Å². The summed E-state index contributed by atoms with van der Waals surface area (Å²) < 4.78 is 0. The minimum atomic E-state index is 0. The average molecular weight is 353 g/mol. The molecule has 0 amide bonds. The molecule has 0 spiro atoms. The van der Waals surface area contributed by atoms with Crippen LogP contribution < -0.4 is 0 Å². The summed E-state index contributed by atoms with van der Waals surface area (Å²) in [5.74, 6) is 1.02. The molecule has 1 unspecified atom stereocenters. The van der Waals surface area contributed by atoms with Crippen LogP contribution in [0.2, 0.25) is 0 Å². The van der Waals surface area contributed by atoms with Crippen molar-refractivity contribution in [3.63, 3.8) is 0 Å². The summed E-state index contributed by atoms with van der Waals surface area (Å²) in [7, 11) is 0. The smallest absolute Gasteiger partial charge is 0.0417 e. The normalized spacial score (nSPS) is 8.88. The minimum absolute atomic E-state index is 0. The van der Waals surface area contributed by atoms with Crippen molar-refractivity contribution >= 4 is 0 Å². The van der Waals surface area contributed by atoms with Crippen LogP contribution >= 0.6 is 0 Å². The van der Waals surface area contributed by atoms with Gasteiger partial charge in [-0.05, 0) is 5.92 Å². The van der Waals surface area contributed by atoms with E-state index < -0.39 is 0 Å². The van der Waals surface area contributed by atoms with Gasteiger partial charge in [0.05, 0.1) is 0 Å². The van der Waals surface area contributed by atoms with Crippen molar-refractivity contribution < 1.29 is 0 Å². The fourth-order valence-electron chi connectivity index (χ4n) is 2.26. The molecule has 0 heteroatoms. The maximum atomic E-state index is 2.36. The van der Waals surface area contributed by atoms with Gasteiger partial charge in [0.2, 0.25) is 0 Å². The van der Waals surface area contributed by atoms with Crippen LogP contribution in [0.25, 0.3) is 0 Å². The van der Waals surface area contributed by atoms with E-state index >= 15 is 0 Å². The Morgan fingerprint density at radius 2 is 0.792 bits per heavy atom. The SMILES string of the molecule is C.C.C.C.C.C.CCC.CCCCCCCCC(CC)CCCC. The van der Waals surface area contributed by atoms with Gasteiger partial charge in [-0.15, -0.1) is 0 Å². The van der Waals surface area contributed by atoms with Crippen LogP contribution in [-0.4, -0.2) is 0 Å². The molecule has 0 rings (SSSR count). The lowest BCUT2D eigenvalue weighted by Crippen LogP contribution is -1.98. The maximum absolute atomic E-state index is 2.36. The zero-order valence-electron chi connectivity index (χ0n) is 14.1. The summed E-state index contributed by atoms with van der Waals surface area (Å²) in [6, 6.07) is 0. The van der Waals surface area contributed by atoms with Gasteiger partial charge in [-0.1, -0.05) is 156 Å². The quantitative estimate of drug-likeness (QED) is 0.324. The summed E-state index contributed by atoms with van der Waals surface area (Å²) in [6.45, 7) is 11.2. The molecule has 0 aliphatic heterocycles. The second-order valence-electron chi connectivity index (χ2n) is 5.68. The molecule has 0 bridgehead atoms. The van der Waals surface area contributed by atoms with Gasteiger partial charge in [0, 0.05) is 0 Å². The molecule has 0 radical (unpaired) electrons. The first-order valence-corrected chi connectivity index (χ1v) is 8.76. The molecule has 24 heavy (non-hydrogen) atoms. The van der Waals surface area contributed by atoms with Crippen LogP contribution in [0.4, 0.5) is 0 Å². The molecule has 0 saturated carbocycles. The molecule has 0 saturated heterocycles. The standard InChI is InChI=1S/C15H32.C3H8.6CH4/c1-4-7-9-10-11-12-14-15(6-3)13-8-5-2;1-3-2;;;;;;/h15H,4-14H2,1-3H3;3H2,1-2H3;6*1H4. The zero-order valence-corrected chi connectivity index (χ0v) is 14.1. The number of hydrogen-bond donors (Lipinski definition) is 0. The summed E-state index contributed by atoms with van der Waals surface area (Å²) in [6.07, 6.45) is 17.1. The molecule has 0 fully saturated rings. The van der Waals surface area contributed by atoms with Crippen LogP contribution in [0.5, 0.6) is 0 Å². The van der Waals surface area contributed by atoms with Gasteiger partial charge in [-0.2, -0.15) is 0 Å². The molecule has 0 aliphatic rings. The van der Waals surface area contributed by atoms with E-state index in [1.165, 1.54) is 77.0 Å². The second-order valence-corrected chi connectivity index (χ2v) is 5.68. The second kappa shape index (κ2) is 49.5. The Hall–Kier alpha value is 0. The first-order valence-electron chi connectivity index (χ1n) is 8.76. The van der Waals surface area contributed by atoms with E-state index in [1.807, 2.05) is 0 Å². The number of hydrogen-bond acceptors (Lipinski definition) is 0. The first kappa shape index (κ1) is 49.6. The Balaban J connectivity index is -0.0000000440. The molecule has 0 aromatic heterocycles. The van der Waals surface area contributed by atoms with E-state index in [9.17, 15) is 0 Å². The van der Waals surface area contributed by atoms with Gasteiger partial charge < -0.3 is 0 Å². The molecular weight excluding hydrogens is 288 g/mol. The molecule has 1 atom stereocenters. The van der Waals surface area contributed by atoms with Crippen molar-refractivity contribution in [1.29, 1.82) is 0 Å². The summed E-state index contributed by atoms with van der Waals surface area (Å²) in [5, 5.41) is 0. The third-order valence-corrected chi connectivity index (χ3v) is 3.51. The van der Waals surface area contributed by atoms with Crippen molar-refractivity contribution in [2.75, 3.05) is 0 Å². The van der Waals surface area contributed by atoms with Gasteiger partial charge >= 0.3 is 0 Å². The van der Waals surface area contributed by atoms with Gasteiger partial charge in [0.15, 0.2) is 0 Å². The molecule has 0 aromatic rings. The van der Waals surface area contributed by atoms with E-state index in [0.29, 0.717) is 0 Å². The minimum Gasteiger partial charge on any atom is -0.0776 e. The molecule has 0 aromatic carbocycles. The topological polar surface area (TPSA) is 0 Å². The fourth-order valence-corrected chi connectivity index (χ4v) is 2.26. The third kappa shape index (κ3) is 49.5. The average Bonchev–Trinajstić information content (AvgIpc) is 2.38. The van der Waals surface area contributed by atoms with E-state index in [4.69, 9.17) is 0 Å². The summed E-state index contributed by atoms with van der Waals surface area (Å²) in [5.41, 5.74) is 0. The highest BCUT2D eigenvalue weighted by molar-refractivity contribution is 4.58. The largest absolute Gasteiger partial charge is 0.0776 e. The van der Waals surface area contributed by atoms with Crippen LogP contribution in [0, 0.1) is 5.92 Å². The Kier molecular flexibility index (Phi) is 102. The molecule has 0 nitrogen and oxygen atoms in total. The van der Waals surface area contributed by atoms with Crippen LogP contribution in [0.1, 0.15) is 156 Å². The maximum Gasteiger partial charge on any atom is -0.0417 e. The van der Waals surface area contributed by atoms with Crippen molar-refractivity contribution in [3.05, 3.63) is 0 Å². The van der Waals surface area contributed by atoms with Crippen molar-refractivity contribution in [1.82, 2.24) is 0 Å². The molecule has 0 aliphatic carbocycles. The predicted molar refractivity (Wildman–Crippen MR) is 128 cm³/mol. The van der Waals surface area contributed by atoms with Crippen molar-refractivity contribution in [2.24, 2.45) is 5.92 Å². The van der Waals surface area contributed by atoms with E-state index in [2.05, 4.69) is 34.6 Å². The van der Waals surface area contributed by atoms with Crippen molar-refractivity contribution in [2.45, 2.75) is 156 Å². The highest BCUT2D eigenvalue weighted by atomic mass is 14.1. The Labute approximate surface area is 162 Å². The Morgan fingerprint density at radius 3 is 1.17 bits per heavy atom. The monoisotopic (exact) mass is 353 g/mol. The van der Waals surface area contributed by atoms with Gasteiger partial charge in [-0.25, -0.2) is 0 Å². The Bertz CT molecular complexity index is 117. The first-order chi connectivity index (χ1) is 8.76.